The van der Waals surface area contributed by atoms with Crippen LogP contribution < -0.4 is 4.90 Å². The predicted octanol–water partition coefficient (Wildman–Crippen LogP) is 3.84. The molecule has 5 nitrogen and oxygen atoms in total. The van der Waals surface area contributed by atoms with Crippen molar-refractivity contribution in [2.75, 3.05) is 37.6 Å². The van der Waals surface area contributed by atoms with Gasteiger partial charge in [0.15, 0.2) is 0 Å². The lowest BCUT2D eigenvalue weighted by molar-refractivity contribution is -0.120. The summed E-state index contributed by atoms with van der Waals surface area (Å²) in [5.74, 6) is -0.440. The van der Waals surface area contributed by atoms with Gasteiger partial charge in [-0.25, -0.2) is 4.90 Å². The lowest BCUT2D eigenvalue weighted by Gasteiger charge is -2.36. The van der Waals surface area contributed by atoms with Crippen LogP contribution in [-0.2, 0) is 9.59 Å². The zero-order valence-electron chi connectivity index (χ0n) is 19.2. The van der Waals surface area contributed by atoms with E-state index >= 15 is 0 Å². The summed E-state index contributed by atoms with van der Waals surface area (Å²) in [6.45, 7) is 14.5. The number of aryl methyl sites for hydroxylation is 4. The van der Waals surface area contributed by atoms with Crippen LogP contribution in [0.25, 0.3) is 5.57 Å². The Morgan fingerprint density at radius 2 is 1.42 bits per heavy atom. The number of rotatable bonds is 4. The van der Waals surface area contributed by atoms with E-state index in [2.05, 4.69) is 28.9 Å². The highest BCUT2D eigenvalue weighted by Gasteiger charge is 2.43. The van der Waals surface area contributed by atoms with Crippen molar-refractivity contribution in [1.29, 1.82) is 0 Å². The highest BCUT2D eigenvalue weighted by Crippen LogP contribution is 2.37. The third kappa shape index (κ3) is 3.90. The lowest BCUT2D eigenvalue weighted by atomic mass is 9.97. The molecule has 2 heterocycles. The molecule has 5 heteroatoms. The van der Waals surface area contributed by atoms with Crippen molar-refractivity contribution in [3.8, 4) is 0 Å². The molecule has 31 heavy (non-hydrogen) atoms. The number of carbonyl (C=O) groups is 2. The Hall–Kier alpha value is -2.92. The monoisotopic (exact) mass is 417 g/mol. The van der Waals surface area contributed by atoms with Crippen molar-refractivity contribution >= 4 is 23.1 Å². The van der Waals surface area contributed by atoms with Gasteiger partial charge in [-0.05, 0) is 68.6 Å². The minimum Gasteiger partial charge on any atom is -0.364 e. The van der Waals surface area contributed by atoms with E-state index in [-0.39, 0.29) is 11.8 Å². The first-order chi connectivity index (χ1) is 14.8. The average molecular weight is 418 g/mol. The van der Waals surface area contributed by atoms with Crippen molar-refractivity contribution in [3.63, 3.8) is 0 Å². The fourth-order valence-corrected chi connectivity index (χ4v) is 4.75. The molecule has 0 N–H and O–H groups in total. The average Bonchev–Trinajstić information content (AvgIpc) is 2.97. The highest BCUT2D eigenvalue weighted by molar-refractivity contribution is 6.45. The van der Waals surface area contributed by atoms with Gasteiger partial charge in [0, 0.05) is 26.2 Å². The van der Waals surface area contributed by atoms with Crippen LogP contribution in [0.4, 0.5) is 5.69 Å². The second kappa shape index (κ2) is 8.31. The second-order valence-electron chi connectivity index (χ2n) is 8.75. The van der Waals surface area contributed by atoms with Gasteiger partial charge in [0.1, 0.15) is 5.70 Å². The Labute approximate surface area is 184 Å². The molecule has 0 bridgehead atoms. The molecule has 2 aromatic rings. The van der Waals surface area contributed by atoms with Gasteiger partial charge in [-0.15, -0.1) is 0 Å². The number of benzene rings is 2. The van der Waals surface area contributed by atoms with E-state index in [4.69, 9.17) is 0 Å². The number of hydrogen-bond donors (Lipinski definition) is 0. The molecule has 162 valence electrons. The van der Waals surface area contributed by atoms with Crippen LogP contribution in [0, 0.1) is 27.7 Å². The minimum absolute atomic E-state index is 0.213. The SMILES string of the molecule is CCN1CCN(C2=C(c3ccc(C)cc3C)C(=O)N(c3cc(C)cc(C)c3)C2=O)CC1. The third-order valence-electron chi connectivity index (χ3n) is 6.31. The van der Waals surface area contributed by atoms with E-state index in [1.807, 2.05) is 52.0 Å². The summed E-state index contributed by atoms with van der Waals surface area (Å²) in [5.41, 5.74) is 6.81. The number of amides is 2. The second-order valence-corrected chi connectivity index (χ2v) is 8.75. The molecule has 2 aliphatic rings. The number of carbonyl (C=O) groups excluding carboxylic acids is 2. The maximum atomic E-state index is 13.8. The van der Waals surface area contributed by atoms with E-state index in [0.29, 0.717) is 17.0 Å². The third-order valence-corrected chi connectivity index (χ3v) is 6.31. The van der Waals surface area contributed by atoms with Gasteiger partial charge in [0.25, 0.3) is 11.8 Å². The molecule has 0 unspecified atom stereocenters. The normalized spacial score (nSPS) is 17.8. The fourth-order valence-electron chi connectivity index (χ4n) is 4.75. The van der Waals surface area contributed by atoms with Crippen LogP contribution in [0.5, 0.6) is 0 Å². The molecule has 0 aliphatic carbocycles. The molecule has 0 radical (unpaired) electrons. The van der Waals surface area contributed by atoms with Crippen molar-refractivity contribution in [2.24, 2.45) is 0 Å². The first-order valence-corrected chi connectivity index (χ1v) is 11.1. The molecule has 1 fully saturated rings. The van der Waals surface area contributed by atoms with Crippen molar-refractivity contribution in [2.45, 2.75) is 34.6 Å². The maximum Gasteiger partial charge on any atom is 0.282 e. The largest absolute Gasteiger partial charge is 0.364 e. The molecular formula is C26H31N3O2. The van der Waals surface area contributed by atoms with E-state index in [1.165, 1.54) is 4.90 Å². The molecule has 4 rings (SSSR count). The first kappa shape index (κ1) is 21.3. The summed E-state index contributed by atoms with van der Waals surface area (Å²) in [6.07, 6.45) is 0. The Morgan fingerprint density at radius 3 is 2.00 bits per heavy atom. The van der Waals surface area contributed by atoms with Gasteiger partial charge >= 0.3 is 0 Å². The maximum absolute atomic E-state index is 13.8. The van der Waals surface area contributed by atoms with Gasteiger partial charge in [-0.1, -0.05) is 36.8 Å². The molecule has 1 saturated heterocycles. The van der Waals surface area contributed by atoms with E-state index in [0.717, 1.165) is 60.5 Å². The van der Waals surface area contributed by atoms with Crippen LogP contribution in [0.2, 0.25) is 0 Å². The Morgan fingerprint density at radius 1 is 0.774 bits per heavy atom. The van der Waals surface area contributed by atoms with Gasteiger partial charge < -0.3 is 9.80 Å². The van der Waals surface area contributed by atoms with Crippen molar-refractivity contribution < 1.29 is 9.59 Å². The van der Waals surface area contributed by atoms with Crippen LogP contribution in [0.3, 0.4) is 0 Å². The van der Waals surface area contributed by atoms with E-state index in [1.54, 1.807) is 0 Å². The van der Waals surface area contributed by atoms with E-state index < -0.39 is 0 Å². The Kier molecular flexibility index (Phi) is 5.71. The highest BCUT2D eigenvalue weighted by atomic mass is 16.2. The standard InChI is InChI=1S/C26H31N3O2/c1-6-27-9-11-28(12-10-27)24-23(22-8-7-17(2)14-20(22)5)25(30)29(26(24)31)21-15-18(3)13-19(4)16-21/h7-8,13-16H,6,9-12H2,1-5H3. The van der Waals surface area contributed by atoms with Gasteiger partial charge in [-0.2, -0.15) is 0 Å². The van der Waals surface area contributed by atoms with Crippen LogP contribution in [-0.4, -0.2) is 54.3 Å². The number of nitrogens with zero attached hydrogens (tertiary/aromatic N) is 3. The number of likely N-dealkylation sites (N-methyl/N-ethyl adjacent to an activating group) is 1. The summed E-state index contributed by atoms with van der Waals surface area (Å²) < 4.78 is 0. The summed E-state index contributed by atoms with van der Waals surface area (Å²) in [7, 11) is 0. The molecule has 0 atom stereocenters. The van der Waals surface area contributed by atoms with Gasteiger partial charge in [0.2, 0.25) is 0 Å². The topological polar surface area (TPSA) is 43.9 Å². The summed E-state index contributed by atoms with van der Waals surface area (Å²) in [6, 6.07) is 12.0. The number of piperazine rings is 1. The van der Waals surface area contributed by atoms with Gasteiger partial charge in [-0.3, -0.25) is 9.59 Å². The minimum atomic E-state index is -0.227. The Balaban J connectivity index is 1.83. The molecule has 2 amide bonds. The zero-order chi connectivity index (χ0) is 22.3. The summed E-state index contributed by atoms with van der Waals surface area (Å²) in [5, 5.41) is 0. The molecule has 0 aromatic heterocycles. The first-order valence-electron chi connectivity index (χ1n) is 11.1. The smallest absolute Gasteiger partial charge is 0.282 e. The quantitative estimate of drug-likeness (QED) is 0.709. The fraction of sp³-hybridized carbons (Fsp3) is 0.385. The van der Waals surface area contributed by atoms with Crippen molar-refractivity contribution in [3.05, 3.63) is 69.9 Å². The molecule has 0 spiro atoms. The van der Waals surface area contributed by atoms with Crippen LogP contribution >= 0.6 is 0 Å². The van der Waals surface area contributed by atoms with E-state index in [9.17, 15) is 9.59 Å². The van der Waals surface area contributed by atoms with Crippen molar-refractivity contribution in [1.82, 2.24) is 9.80 Å². The Bertz CT molecular complexity index is 1060. The number of anilines is 1. The zero-order valence-corrected chi connectivity index (χ0v) is 19.2. The number of imide groups is 1. The van der Waals surface area contributed by atoms with Gasteiger partial charge in [0.05, 0.1) is 11.3 Å². The molecule has 2 aromatic carbocycles. The number of hydrogen-bond acceptors (Lipinski definition) is 4. The van der Waals surface area contributed by atoms with Crippen LogP contribution in [0.1, 0.15) is 34.7 Å². The molecule has 2 aliphatic heterocycles. The molecule has 0 saturated carbocycles. The summed E-state index contributed by atoms with van der Waals surface area (Å²) >= 11 is 0. The lowest BCUT2D eigenvalue weighted by Crippen LogP contribution is -2.47. The van der Waals surface area contributed by atoms with Crippen LogP contribution in [0.15, 0.2) is 42.1 Å². The molecular weight excluding hydrogens is 386 g/mol. The summed E-state index contributed by atoms with van der Waals surface area (Å²) in [4.78, 5) is 33.4. The predicted molar refractivity (Wildman–Crippen MR) is 125 cm³/mol.